The summed E-state index contributed by atoms with van der Waals surface area (Å²) in [5.74, 6) is 0. The molecule has 2 heteroatoms. The molecule has 1 unspecified atom stereocenters. The van der Waals surface area contributed by atoms with E-state index >= 15 is 0 Å². The molecule has 0 aliphatic rings. The van der Waals surface area contributed by atoms with E-state index in [1.54, 1.807) is 0 Å². The molecule has 82 valence electrons. The molecule has 0 saturated carbocycles. The zero-order valence-electron chi connectivity index (χ0n) is 9.35. The summed E-state index contributed by atoms with van der Waals surface area (Å²) in [6.45, 7) is 1.97. The SMILES string of the molecule is CC(N)(Nc1ccccc1)c1ccccc1. The largest absolute Gasteiger partial charge is 0.364 e. The van der Waals surface area contributed by atoms with E-state index in [1.165, 1.54) is 0 Å². The van der Waals surface area contributed by atoms with Gasteiger partial charge in [0.25, 0.3) is 0 Å². The van der Waals surface area contributed by atoms with E-state index < -0.39 is 5.66 Å². The summed E-state index contributed by atoms with van der Waals surface area (Å²) < 4.78 is 0. The molecule has 16 heavy (non-hydrogen) atoms. The van der Waals surface area contributed by atoms with E-state index in [1.807, 2.05) is 67.6 Å². The summed E-state index contributed by atoms with van der Waals surface area (Å²) >= 11 is 0. The van der Waals surface area contributed by atoms with Crippen LogP contribution in [0.2, 0.25) is 0 Å². The molecule has 3 N–H and O–H groups in total. The molecule has 0 bridgehead atoms. The number of para-hydroxylation sites is 1. The molecule has 0 saturated heterocycles. The number of benzene rings is 2. The standard InChI is InChI=1S/C14H16N2/c1-14(15,12-8-4-2-5-9-12)16-13-10-6-3-7-11-13/h2-11,16H,15H2,1H3. The second-order valence-electron chi connectivity index (χ2n) is 4.06. The van der Waals surface area contributed by atoms with Gasteiger partial charge in [-0.05, 0) is 24.6 Å². The molecule has 0 aliphatic carbocycles. The maximum Gasteiger partial charge on any atom is 0.109 e. The van der Waals surface area contributed by atoms with Crippen molar-refractivity contribution >= 4 is 5.69 Å². The van der Waals surface area contributed by atoms with E-state index in [-0.39, 0.29) is 0 Å². The highest BCUT2D eigenvalue weighted by Crippen LogP contribution is 2.20. The van der Waals surface area contributed by atoms with Crippen LogP contribution in [0.15, 0.2) is 60.7 Å². The molecule has 0 aromatic heterocycles. The van der Waals surface area contributed by atoms with Crippen molar-refractivity contribution < 1.29 is 0 Å². The molecule has 0 amide bonds. The van der Waals surface area contributed by atoms with Crippen molar-refractivity contribution in [3.05, 3.63) is 66.2 Å². The predicted molar refractivity (Wildman–Crippen MR) is 68.0 cm³/mol. The lowest BCUT2D eigenvalue weighted by Crippen LogP contribution is -2.41. The van der Waals surface area contributed by atoms with Crippen molar-refractivity contribution in [2.75, 3.05) is 5.32 Å². The zero-order chi connectivity index (χ0) is 11.4. The lowest BCUT2D eigenvalue weighted by molar-refractivity contribution is 0.573. The Labute approximate surface area is 96.1 Å². The van der Waals surface area contributed by atoms with Crippen LogP contribution < -0.4 is 11.1 Å². The van der Waals surface area contributed by atoms with Crippen molar-refractivity contribution in [2.24, 2.45) is 5.73 Å². The number of nitrogens with two attached hydrogens (primary N) is 1. The van der Waals surface area contributed by atoms with Gasteiger partial charge in [0.1, 0.15) is 5.66 Å². The van der Waals surface area contributed by atoms with Gasteiger partial charge in [0, 0.05) is 5.69 Å². The minimum Gasteiger partial charge on any atom is -0.364 e. The maximum absolute atomic E-state index is 6.26. The molecular formula is C14H16N2. The molecule has 2 rings (SSSR count). The second-order valence-corrected chi connectivity index (χ2v) is 4.06. The lowest BCUT2D eigenvalue weighted by atomic mass is 10.0. The van der Waals surface area contributed by atoms with Crippen LogP contribution in [0.3, 0.4) is 0 Å². The Kier molecular flexibility index (Phi) is 2.93. The molecule has 0 aliphatic heterocycles. The highest BCUT2D eigenvalue weighted by molar-refractivity contribution is 5.46. The molecule has 1 atom stereocenters. The zero-order valence-corrected chi connectivity index (χ0v) is 9.35. The van der Waals surface area contributed by atoms with Crippen molar-refractivity contribution in [1.82, 2.24) is 0 Å². The van der Waals surface area contributed by atoms with Crippen molar-refractivity contribution in [2.45, 2.75) is 12.6 Å². The third-order valence-electron chi connectivity index (χ3n) is 2.55. The molecule has 2 aromatic carbocycles. The summed E-state index contributed by atoms with van der Waals surface area (Å²) in [5.41, 5.74) is 7.80. The van der Waals surface area contributed by atoms with E-state index in [9.17, 15) is 0 Å². The van der Waals surface area contributed by atoms with E-state index in [4.69, 9.17) is 5.73 Å². The number of nitrogens with one attached hydrogen (secondary N) is 1. The molecule has 0 radical (unpaired) electrons. The third-order valence-corrected chi connectivity index (χ3v) is 2.55. The smallest absolute Gasteiger partial charge is 0.109 e. The monoisotopic (exact) mass is 212 g/mol. The Morgan fingerprint density at radius 2 is 1.38 bits per heavy atom. The molecule has 2 nitrogen and oxygen atoms in total. The average Bonchev–Trinajstić information content (AvgIpc) is 2.31. The lowest BCUT2D eigenvalue weighted by Gasteiger charge is -2.28. The summed E-state index contributed by atoms with van der Waals surface area (Å²) in [5, 5.41) is 3.31. The number of hydrogen-bond donors (Lipinski definition) is 2. The van der Waals surface area contributed by atoms with Crippen molar-refractivity contribution in [1.29, 1.82) is 0 Å². The van der Waals surface area contributed by atoms with Gasteiger partial charge in [-0.1, -0.05) is 48.5 Å². The topological polar surface area (TPSA) is 38.0 Å². The number of hydrogen-bond acceptors (Lipinski definition) is 2. The van der Waals surface area contributed by atoms with Gasteiger partial charge in [-0.25, -0.2) is 0 Å². The first kappa shape index (κ1) is 10.7. The van der Waals surface area contributed by atoms with E-state index in [0.29, 0.717) is 0 Å². The van der Waals surface area contributed by atoms with Gasteiger partial charge < -0.3 is 11.1 Å². The molecular weight excluding hydrogens is 196 g/mol. The maximum atomic E-state index is 6.26. The van der Waals surface area contributed by atoms with Crippen LogP contribution in [0.25, 0.3) is 0 Å². The van der Waals surface area contributed by atoms with Crippen molar-refractivity contribution in [3.63, 3.8) is 0 Å². The van der Waals surface area contributed by atoms with Gasteiger partial charge in [-0.2, -0.15) is 0 Å². The van der Waals surface area contributed by atoms with Gasteiger partial charge in [0.2, 0.25) is 0 Å². The molecule has 0 heterocycles. The van der Waals surface area contributed by atoms with Gasteiger partial charge in [0.15, 0.2) is 0 Å². The number of rotatable bonds is 3. The highest BCUT2D eigenvalue weighted by atomic mass is 15.1. The van der Waals surface area contributed by atoms with Gasteiger partial charge in [-0.15, -0.1) is 0 Å². The normalized spacial score (nSPS) is 14.1. The first-order chi connectivity index (χ1) is 7.68. The minimum atomic E-state index is -0.553. The first-order valence-corrected chi connectivity index (χ1v) is 5.36. The van der Waals surface area contributed by atoms with E-state index in [0.717, 1.165) is 11.3 Å². The Bertz CT molecular complexity index is 435. The van der Waals surface area contributed by atoms with Crippen LogP contribution in [0.1, 0.15) is 12.5 Å². The molecule has 2 aromatic rings. The fourth-order valence-electron chi connectivity index (χ4n) is 1.68. The van der Waals surface area contributed by atoms with E-state index in [2.05, 4.69) is 5.32 Å². The highest BCUT2D eigenvalue weighted by Gasteiger charge is 2.19. The fourth-order valence-corrected chi connectivity index (χ4v) is 1.68. The van der Waals surface area contributed by atoms with Crippen molar-refractivity contribution in [3.8, 4) is 0 Å². The Morgan fingerprint density at radius 1 is 0.875 bits per heavy atom. The minimum absolute atomic E-state index is 0.553. The Hall–Kier alpha value is -1.80. The quantitative estimate of drug-likeness (QED) is 0.768. The van der Waals surface area contributed by atoms with Crippen LogP contribution >= 0.6 is 0 Å². The fraction of sp³-hybridized carbons (Fsp3) is 0.143. The van der Waals surface area contributed by atoms with Crippen LogP contribution in [0, 0.1) is 0 Å². The van der Waals surface area contributed by atoms with Crippen LogP contribution in [0.5, 0.6) is 0 Å². The Balaban J connectivity index is 2.21. The third kappa shape index (κ3) is 2.41. The summed E-state index contributed by atoms with van der Waals surface area (Å²) in [4.78, 5) is 0. The van der Waals surface area contributed by atoms with Gasteiger partial charge in [0.05, 0.1) is 0 Å². The number of anilines is 1. The van der Waals surface area contributed by atoms with Gasteiger partial charge in [-0.3, -0.25) is 0 Å². The van der Waals surface area contributed by atoms with Crippen LogP contribution in [-0.4, -0.2) is 0 Å². The Morgan fingerprint density at radius 3 is 1.94 bits per heavy atom. The first-order valence-electron chi connectivity index (χ1n) is 5.36. The molecule has 0 spiro atoms. The van der Waals surface area contributed by atoms with Gasteiger partial charge >= 0.3 is 0 Å². The molecule has 0 fully saturated rings. The summed E-state index contributed by atoms with van der Waals surface area (Å²) in [6.07, 6.45) is 0. The van der Waals surface area contributed by atoms with Crippen LogP contribution in [0.4, 0.5) is 5.69 Å². The average molecular weight is 212 g/mol. The van der Waals surface area contributed by atoms with Crippen LogP contribution in [-0.2, 0) is 5.66 Å². The summed E-state index contributed by atoms with van der Waals surface area (Å²) in [6, 6.07) is 20.0. The predicted octanol–water partition coefficient (Wildman–Crippen LogP) is 2.93. The second kappa shape index (κ2) is 4.37. The summed E-state index contributed by atoms with van der Waals surface area (Å²) in [7, 11) is 0.